The molecule has 1 heterocycles. The van der Waals surface area contributed by atoms with Crippen LogP contribution in [0.15, 0.2) is 57.7 Å². The third-order valence-electron chi connectivity index (χ3n) is 3.37. The Balaban J connectivity index is 2.44. The number of carboxylic acid groups (broad SMARTS) is 1. The molecule has 0 aliphatic heterocycles. The molecule has 5 nitrogen and oxygen atoms in total. The number of aromatic hydroxyl groups is 1. The molecule has 0 saturated carbocycles. The third-order valence-corrected chi connectivity index (χ3v) is 3.37. The molecule has 3 aromatic rings. The van der Waals surface area contributed by atoms with Gasteiger partial charge in [0.2, 0.25) is 0 Å². The van der Waals surface area contributed by atoms with Gasteiger partial charge in [-0.15, -0.1) is 0 Å². The van der Waals surface area contributed by atoms with Crippen LogP contribution in [0.3, 0.4) is 0 Å². The molecule has 0 bridgehead atoms. The zero-order valence-corrected chi connectivity index (χ0v) is 11.4. The number of carboxylic acids is 1. The lowest BCUT2D eigenvalue weighted by molar-refractivity contribution is -0.136. The SMILES string of the molecule is O=C(O)Cc1c(-c2ccccc2)c2cc(O)ccc2oc1=O. The summed E-state index contributed by atoms with van der Waals surface area (Å²) in [4.78, 5) is 23.2. The number of hydrogen-bond acceptors (Lipinski definition) is 4. The minimum Gasteiger partial charge on any atom is -0.508 e. The van der Waals surface area contributed by atoms with Gasteiger partial charge in [0, 0.05) is 10.9 Å². The van der Waals surface area contributed by atoms with Crippen molar-refractivity contribution in [1.29, 1.82) is 0 Å². The molecule has 22 heavy (non-hydrogen) atoms. The Labute approximate surface area is 125 Å². The first-order valence-electron chi connectivity index (χ1n) is 6.62. The Hall–Kier alpha value is -3.08. The predicted octanol–water partition coefficient (Wildman–Crippen LogP) is 2.79. The molecule has 0 saturated heterocycles. The standard InChI is InChI=1S/C17H12O5/c18-11-6-7-14-12(8-11)16(10-4-2-1-3-5-10)13(9-15(19)20)17(21)22-14/h1-8,18H,9H2,(H,19,20). The average molecular weight is 296 g/mol. The van der Waals surface area contributed by atoms with Crippen LogP contribution in [0.5, 0.6) is 5.75 Å². The van der Waals surface area contributed by atoms with Gasteiger partial charge in [0.25, 0.3) is 0 Å². The Morgan fingerprint density at radius 3 is 2.50 bits per heavy atom. The van der Waals surface area contributed by atoms with E-state index >= 15 is 0 Å². The summed E-state index contributed by atoms with van der Waals surface area (Å²) in [5, 5.41) is 19.3. The summed E-state index contributed by atoms with van der Waals surface area (Å²) in [6.07, 6.45) is -0.446. The van der Waals surface area contributed by atoms with Gasteiger partial charge in [0.1, 0.15) is 11.3 Å². The Morgan fingerprint density at radius 2 is 1.82 bits per heavy atom. The largest absolute Gasteiger partial charge is 0.508 e. The molecule has 1 aromatic heterocycles. The van der Waals surface area contributed by atoms with Gasteiger partial charge in [-0.05, 0) is 23.8 Å². The van der Waals surface area contributed by atoms with E-state index < -0.39 is 18.0 Å². The van der Waals surface area contributed by atoms with Gasteiger partial charge in [-0.25, -0.2) is 4.79 Å². The van der Waals surface area contributed by atoms with Crippen molar-refractivity contribution < 1.29 is 19.4 Å². The molecule has 0 radical (unpaired) electrons. The zero-order chi connectivity index (χ0) is 15.7. The van der Waals surface area contributed by atoms with Gasteiger partial charge in [-0.1, -0.05) is 30.3 Å². The van der Waals surface area contributed by atoms with Crippen LogP contribution in [0.25, 0.3) is 22.1 Å². The molecule has 3 rings (SSSR count). The number of phenols is 1. The number of fused-ring (bicyclic) bond motifs is 1. The van der Waals surface area contributed by atoms with E-state index in [1.807, 2.05) is 6.07 Å². The number of phenolic OH excluding ortho intramolecular Hbond substituents is 1. The Morgan fingerprint density at radius 1 is 1.09 bits per heavy atom. The van der Waals surface area contributed by atoms with E-state index in [2.05, 4.69) is 0 Å². The van der Waals surface area contributed by atoms with E-state index in [9.17, 15) is 14.7 Å². The molecule has 0 fully saturated rings. The van der Waals surface area contributed by atoms with Crippen molar-refractivity contribution in [2.45, 2.75) is 6.42 Å². The van der Waals surface area contributed by atoms with Crippen LogP contribution in [-0.4, -0.2) is 16.2 Å². The summed E-state index contributed by atoms with van der Waals surface area (Å²) in [6, 6.07) is 13.3. The van der Waals surface area contributed by atoms with E-state index in [4.69, 9.17) is 9.52 Å². The van der Waals surface area contributed by atoms with Gasteiger partial charge < -0.3 is 14.6 Å². The second-order valence-corrected chi connectivity index (χ2v) is 4.86. The van der Waals surface area contributed by atoms with Crippen molar-refractivity contribution in [3.05, 3.63) is 64.5 Å². The first kappa shape index (κ1) is 13.9. The summed E-state index contributed by atoms with van der Waals surface area (Å²) in [5.74, 6) is -1.11. The highest BCUT2D eigenvalue weighted by Gasteiger charge is 2.18. The molecule has 0 unspecified atom stereocenters. The molecule has 0 amide bonds. The molecule has 5 heteroatoms. The Bertz CT molecular complexity index is 909. The fourth-order valence-corrected chi connectivity index (χ4v) is 2.47. The van der Waals surface area contributed by atoms with E-state index in [0.717, 1.165) is 0 Å². The van der Waals surface area contributed by atoms with Crippen molar-refractivity contribution in [3.8, 4) is 16.9 Å². The summed E-state index contributed by atoms with van der Waals surface area (Å²) in [6.45, 7) is 0. The second kappa shape index (κ2) is 5.37. The maximum absolute atomic E-state index is 12.2. The quantitative estimate of drug-likeness (QED) is 0.726. The van der Waals surface area contributed by atoms with Gasteiger partial charge in [-0.2, -0.15) is 0 Å². The van der Waals surface area contributed by atoms with Gasteiger partial charge in [0.15, 0.2) is 0 Å². The predicted molar refractivity (Wildman–Crippen MR) is 80.9 cm³/mol. The van der Waals surface area contributed by atoms with E-state index in [-0.39, 0.29) is 11.3 Å². The zero-order valence-electron chi connectivity index (χ0n) is 11.4. The number of carbonyl (C=O) groups is 1. The second-order valence-electron chi connectivity index (χ2n) is 4.86. The number of hydrogen-bond donors (Lipinski definition) is 2. The van der Waals surface area contributed by atoms with E-state index in [1.165, 1.54) is 18.2 Å². The van der Waals surface area contributed by atoms with Gasteiger partial charge >= 0.3 is 11.6 Å². The summed E-state index contributed by atoms with van der Waals surface area (Å²) >= 11 is 0. The van der Waals surface area contributed by atoms with Crippen molar-refractivity contribution in [2.75, 3.05) is 0 Å². The summed E-state index contributed by atoms with van der Waals surface area (Å²) < 4.78 is 5.18. The average Bonchev–Trinajstić information content (AvgIpc) is 2.49. The number of rotatable bonds is 3. The molecule has 110 valence electrons. The van der Waals surface area contributed by atoms with Crippen molar-refractivity contribution in [3.63, 3.8) is 0 Å². The molecule has 2 aromatic carbocycles. The van der Waals surface area contributed by atoms with Crippen LogP contribution in [0, 0.1) is 0 Å². The van der Waals surface area contributed by atoms with Crippen molar-refractivity contribution in [2.24, 2.45) is 0 Å². The topological polar surface area (TPSA) is 87.7 Å². The first-order valence-corrected chi connectivity index (χ1v) is 6.62. The van der Waals surface area contributed by atoms with E-state index in [1.54, 1.807) is 24.3 Å². The highest BCUT2D eigenvalue weighted by atomic mass is 16.4. The molecule has 0 aliphatic rings. The van der Waals surface area contributed by atoms with Crippen LogP contribution in [0.2, 0.25) is 0 Å². The molecule has 0 atom stereocenters. The molecular formula is C17H12O5. The number of benzene rings is 2. The summed E-state index contributed by atoms with van der Waals surface area (Å²) in [5.41, 5.74) is 0.861. The monoisotopic (exact) mass is 296 g/mol. The third kappa shape index (κ3) is 2.44. The first-order chi connectivity index (χ1) is 10.6. The highest BCUT2D eigenvalue weighted by Crippen LogP contribution is 2.32. The van der Waals surface area contributed by atoms with E-state index in [0.29, 0.717) is 22.1 Å². The lowest BCUT2D eigenvalue weighted by atomic mass is 9.95. The lowest BCUT2D eigenvalue weighted by Gasteiger charge is -2.11. The molecule has 0 spiro atoms. The molecule has 0 aliphatic carbocycles. The van der Waals surface area contributed by atoms with Gasteiger partial charge in [0.05, 0.1) is 12.0 Å². The van der Waals surface area contributed by atoms with Crippen molar-refractivity contribution >= 4 is 16.9 Å². The maximum atomic E-state index is 12.2. The normalized spacial score (nSPS) is 10.7. The van der Waals surface area contributed by atoms with Crippen LogP contribution in [0.4, 0.5) is 0 Å². The fraction of sp³-hybridized carbons (Fsp3) is 0.0588. The molecular weight excluding hydrogens is 284 g/mol. The minimum absolute atomic E-state index is 0.0137. The lowest BCUT2D eigenvalue weighted by Crippen LogP contribution is -2.14. The van der Waals surface area contributed by atoms with Gasteiger partial charge in [-0.3, -0.25) is 4.79 Å². The van der Waals surface area contributed by atoms with Crippen LogP contribution in [-0.2, 0) is 11.2 Å². The fourth-order valence-electron chi connectivity index (χ4n) is 2.47. The highest BCUT2D eigenvalue weighted by molar-refractivity contribution is 5.96. The Kier molecular flexibility index (Phi) is 3.39. The van der Waals surface area contributed by atoms with Crippen LogP contribution in [0.1, 0.15) is 5.56 Å². The van der Waals surface area contributed by atoms with Crippen LogP contribution < -0.4 is 5.63 Å². The number of aliphatic carboxylic acids is 1. The minimum atomic E-state index is -1.12. The summed E-state index contributed by atoms with van der Waals surface area (Å²) in [7, 11) is 0. The van der Waals surface area contributed by atoms with Crippen molar-refractivity contribution in [1.82, 2.24) is 0 Å². The molecule has 2 N–H and O–H groups in total. The van der Waals surface area contributed by atoms with Crippen LogP contribution >= 0.6 is 0 Å². The smallest absolute Gasteiger partial charge is 0.340 e. The maximum Gasteiger partial charge on any atom is 0.340 e.